The van der Waals surface area contributed by atoms with Crippen LogP contribution in [0.4, 0.5) is 17.5 Å². The van der Waals surface area contributed by atoms with Gasteiger partial charge < -0.3 is 19.9 Å². The third kappa shape index (κ3) is 3.92. The van der Waals surface area contributed by atoms with Gasteiger partial charge in [-0.25, -0.2) is 4.98 Å². The van der Waals surface area contributed by atoms with Crippen LogP contribution in [0.3, 0.4) is 0 Å². The Hall–Kier alpha value is -4.38. The van der Waals surface area contributed by atoms with Crippen molar-refractivity contribution in [3.8, 4) is 22.6 Å². The van der Waals surface area contributed by atoms with Crippen LogP contribution in [0.1, 0.15) is 0 Å². The first-order chi connectivity index (χ1) is 16.7. The van der Waals surface area contributed by atoms with E-state index < -0.39 is 0 Å². The number of hydrogen-bond acceptors (Lipinski definition) is 9. The molecule has 1 aliphatic heterocycles. The monoisotopic (exact) mass is 454 g/mol. The maximum absolute atomic E-state index is 5.51. The van der Waals surface area contributed by atoms with Crippen LogP contribution in [-0.2, 0) is 11.8 Å². The molecule has 170 valence electrons. The number of nitrogens with one attached hydrogen (secondary N) is 2. The van der Waals surface area contributed by atoms with Crippen molar-refractivity contribution in [3.63, 3.8) is 0 Å². The molecule has 1 fully saturated rings. The van der Waals surface area contributed by atoms with E-state index in [1.54, 1.807) is 12.5 Å². The van der Waals surface area contributed by atoms with E-state index in [9.17, 15) is 0 Å². The number of aromatic nitrogens is 8. The predicted octanol–water partition coefficient (Wildman–Crippen LogP) is 2.79. The third-order valence-corrected chi connectivity index (χ3v) is 5.75. The zero-order valence-electron chi connectivity index (χ0n) is 18.5. The number of hydrogen-bond donors (Lipinski definition) is 2. The maximum atomic E-state index is 5.51. The van der Waals surface area contributed by atoms with Gasteiger partial charge in [0.2, 0.25) is 5.95 Å². The van der Waals surface area contributed by atoms with Crippen LogP contribution in [0.25, 0.3) is 33.7 Å². The summed E-state index contributed by atoms with van der Waals surface area (Å²) in [6, 6.07) is 11.9. The van der Waals surface area contributed by atoms with Crippen LogP contribution < -0.4 is 10.2 Å². The molecule has 6 rings (SSSR count). The topological polar surface area (TPSA) is 123 Å². The van der Waals surface area contributed by atoms with E-state index in [0.717, 1.165) is 52.5 Å². The lowest BCUT2D eigenvalue weighted by Crippen LogP contribution is -2.37. The number of H-pyrrole nitrogens is 1. The molecule has 1 aliphatic rings. The van der Waals surface area contributed by atoms with Crippen molar-refractivity contribution >= 4 is 28.5 Å². The normalized spacial score (nSPS) is 14.0. The average molecular weight is 454 g/mol. The lowest BCUT2D eigenvalue weighted by Gasteiger charge is -2.27. The Kier molecular flexibility index (Phi) is 5.07. The number of morpholine rings is 1. The number of ether oxygens (including phenoxy) is 1. The van der Waals surface area contributed by atoms with E-state index in [4.69, 9.17) is 14.7 Å². The van der Waals surface area contributed by atoms with Gasteiger partial charge in [0.15, 0.2) is 5.82 Å². The fourth-order valence-corrected chi connectivity index (χ4v) is 3.92. The van der Waals surface area contributed by atoms with Gasteiger partial charge in [-0.15, -0.1) is 10.2 Å². The molecule has 2 N–H and O–H groups in total. The third-order valence-electron chi connectivity index (χ3n) is 5.75. The Bertz CT molecular complexity index is 1420. The molecule has 0 aliphatic carbocycles. The van der Waals surface area contributed by atoms with Crippen molar-refractivity contribution in [1.82, 2.24) is 39.9 Å². The molecule has 11 heteroatoms. The van der Waals surface area contributed by atoms with Gasteiger partial charge in [0, 0.05) is 49.2 Å². The molecule has 1 aromatic carbocycles. The molecule has 5 aromatic rings. The van der Waals surface area contributed by atoms with Gasteiger partial charge >= 0.3 is 0 Å². The summed E-state index contributed by atoms with van der Waals surface area (Å²) in [6.07, 6.45) is 5.15. The number of nitrogens with zero attached hydrogens (tertiary/aromatic N) is 8. The number of fused-ring (bicyclic) bond motifs is 1. The van der Waals surface area contributed by atoms with E-state index in [0.29, 0.717) is 25.0 Å². The van der Waals surface area contributed by atoms with Crippen LogP contribution in [0.2, 0.25) is 0 Å². The summed E-state index contributed by atoms with van der Waals surface area (Å²) in [5.74, 6) is 2.08. The highest BCUT2D eigenvalue weighted by Crippen LogP contribution is 2.27. The quantitative estimate of drug-likeness (QED) is 0.413. The van der Waals surface area contributed by atoms with E-state index in [2.05, 4.69) is 41.5 Å². The van der Waals surface area contributed by atoms with Crippen LogP contribution >= 0.6 is 0 Å². The molecule has 11 nitrogen and oxygen atoms in total. The van der Waals surface area contributed by atoms with Gasteiger partial charge in [-0.1, -0.05) is 0 Å². The number of benzene rings is 1. The SMILES string of the molecule is Cn1ncc2ncc(-c3cc(Nc4ccc(-c5nnc[nH]5)cc4)nc(N4CCOCC4)n3)cc21. The van der Waals surface area contributed by atoms with Crippen LogP contribution in [0.15, 0.2) is 55.1 Å². The van der Waals surface area contributed by atoms with Crippen LogP contribution in [0, 0.1) is 0 Å². The molecule has 0 radical (unpaired) electrons. The number of aromatic amines is 1. The molecule has 0 bridgehead atoms. The van der Waals surface area contributed by atoms with Gasteiger partial charge in [-0.05, 0) is 30.3 Å². The summed E-state index contributed by atoms with van der Waals surface area (Å²) in [5, 5.41) is 15.6. The summed E-state index contributed by atoms with van der Waals surface area (Å²) in [6.45, 7) is 2.80. The molecule has 5 heterocycles. The Balaban J connectivity index is 1.36. The summed E-state index contributed by atoms with van der Waals surface area (Å²) in [5.41, 5.74) is 5.34. The summed E-state index contributed by atoms with van der Waals surface area (Å²) < 4.78 is 7.32. The number of aryl methyl sites for hydroxylation is 1. The van der Waals surface area contributed by atoms with Crippen molar-refractivity contribution in [3.05, 3.63) is 55.1 Å². The smallest absolute Gasteiger partial charge is 0.228 e. The fraction of sp³-hybridized carbons (Fsp3) is 0.217. The highest BCUT2D eigenvalue weighted by molar-refractivity contribution is 5.80. The largest absolute Gasteiger partial charge is 0.378 e. The molecule has 0 spiro atoms. The highest BCUT2D eigenvalue weighted by atomic mass is 16.5. The molecular weight excluding hydrogens is 432 g/mol. The number of rotatable bonds is 5. The molecule has 34 heavy (non-hydrogen) atoms. The van der Waals surface area contributed by atoms with Crippen molar-refractivity contribution in [2.24, 2.45) is 7.05 Å². The van der Waals surface area contributed by atoms with Crippen LogP contribution in [0.5, 0.6) is 0 Å². The minimum absolute atomic E-state index is 0.655. The Morgan fingerprint density at radius 3 is 2.65 bits per heavy atom. The summed E-state index contributed by atoms with van der Waals surface area (Å²) >= 11 is 0. The van der Waals surface area contributed by atoms with Crippen molar-refractivity contribution in [2.45, 2.75) is 0 Å². The van der Waals surface area contributed by atoms with E-state index in [-0.39, 0.29) is 0 Å². The highest BCUT2D eigenvalue weighted by Gasteiger charge is 2.17. The second-order valence-electron chi connectivity index (χ2n) is 7.97. The summed E-state index contributed by atoms with van der Waals surface area (Å²) in [7, 11) is 1.91. The van der Waals surface area contributed by atoms with E-state index >= 15 is 0 Å². The first-order valence-corrected chi connectivity index (χ1v) is 11.0. The van der Waals surface area contributed by atoms with E-state index in [1.165, 1.54) is 0 Å². The van der Waals surface area contributed by atoms with Crippen molar-refractivity contribution < 1.29 is 4.74 Å². The number of anilines is 3. The zero-order valence-corrected chi connectivity index (χ0v) is 18.5. The Labute approximate surface area is 194 Å². The van der Waals surface area contributed by atoms with Gasteiger partial charge in [0.05, 0.1) is 30.6 Å². The van der Waals surface area contributed by atoms with Crippen LogP contribution in [-0.4, -0.2) is 66.2 Å². The van der Waals surface area contributed by atoms with Gasteiger partial charge in [0.1, 0.15) is 17.7 Å². The fourth-order valence-electron chi connectivity index (χ4n) is 3.92. The molecule has 0 saturated carbocycles. The van der Waals surface area contributed by atoms with Gasteiger partial charge in [0.25, 0.3) is 0 Å². The lowest BCUT2D eigenvalue weighted by molar-refractivity contribution is 0.122. The minimum Gasteiger partial charge on any atom is -0.378 e. The zero-order chi connectivity index (χ0) is 22.9. The predicted molar refractivity (Wildman–Crippen MR) is 128 cm³/mol. The second-order valence-corrected chi connectivity index (χ2v) is 7.97. The Morgan fingerprint density at radius 2 is 1.85 bits per heavy atom. The minimum atomic E-state index is 0.655. The van der Waals surface area contributed by atoms with Crippen molar-refractivity contribution in [1.29, 1.82) is 0 Å². The van der Waals surface area contributed by atoms with Gasteiger partial charge in [-0.2, -0.15) is 10.1 Å². The van der Waals surface area contributed by atoms with E-state index in [1.807, 2.05) is 48.3 Å². The molecule has 1 saturated heterocycles. The number of pyridine rings is 1. The second kappa shape index (κ2) is 8.52. The molecular formula is C23H22N10O. The molecule has 0 amide bonds. The first-order valence-electron chi connectivity index (χ1n) is 11.0. The molecule has 0 unspecified atom stereocenters. The standard InChI is InChI=1S/C23H22N10O/c1-32-20-10-16(12-24-19(20)13-27-32)18-11-21(30-23(29-18)33-6-8-34-9-7-33)28-17-4-2-15(3-5-17)22-25-14-26-31-22/h2-5,10-14H,6-9H2,1H3,(H,25,26,31)(H,28,29,30). The van der Waals surface area contributed by atoms with Gasteiger partial charge in [-0.3, -0.25) is 9.67 Å². The summed E-state index contributed by atoms with van der Waals surface area (Å²) in [4.78, 5) is 19.4. The van der Waals surface area contributed by atoms with Crippen molar-refractivity contribution in [2.75, 3.05) is 36.5 Å². The molecule has 0 atom stereocenters. The average Bonchev–Trinajstić information content (AvgIpc) is 3.55. The first kappa shape index (κ1) is 20.2. The molecule has 4 aromatic heterocycles. The maximum Gasteiger partial charge on any atom is 0.228 e. The Morgan fingerprint density at radius 1 is 1.00 bits per heavy atom. The lowest BCUT2D eigenvalue weighted by atomic mass is 10.1.